The van der Waals surface area contributed by atoms with Gasteiger partial charge in [-0.05, 0) is 12.0 Å². The van der Waals surface area contributed by atoms with Crippen LogP contribution in [-0.4, -0.2) is 44.4 Å². The van der Waals surface area contributed by atoms with Gasteiger partial charge in [0.25, 0.3) is 0 Å². The third-order valence-electron chi connectivity index (χ3n) is 3.51. The monoisotopic (exact) mass is 402 g/mol. The van der Waals surface area contributed by atoms with Crippen molar-refractivity contribution in [3.63, 3.8) is 0 Å². The fraction of sp³-hybridized carbons (Fsp3) is 0.312. The molecule has 7 nitrogen and oxygen atoms in total. The van der Waals surface area contributed by atoms with Gasteiger partial charge in [0.2, 0.25) is 0 Å². The SMILES string of the molecule is O=c1[nH]c2nc(SCc3ccccc3)nc(NC(CO)CCO)c2s1.[H-].[Na+]. The summed E-state index contributed by atoms with van der Waals surface area (Å²) in [5, 5.41) is 22.2. The molecular formula is C16H19N4NaO3S2. The number of anilines is 1. The topological polar surface area (TPSA) is 111 Å². The van der Waals surface area contributed by atoms with Crippen LogP contribution in [0.2, 0.25) is 0 Å². The van der Waals surface area contributed by atoms with E-state index in [0.29, 0.717) is 33.5 Å². The minimum atomic E-state index is -0.340. The molecule has 0 fully saturated rings. The Balaban J connectivity index is 0.00000182. The molecule has 0 aliphatic rings. The Morgan fingerprint density at radius 1 is 1.27 bits per heavy atom. The second-order valence-corrected chi connectivity index (χ2v) is 7.28. The smallest absolute Gasteiger partial charge is 1.00 e. The Bertz CT molecular complexity index is 894. The van der Waals surface area contributed by atoms with Crippen molar-refractivity contribution in [2.24, 2.45) is 0 Å². The van der Waals surface area contributed by atoms with Gasteiger partial charge in [0.1, 0.15) is 4.70 Å². The minimum absolute atomic E-state index is 0. The predicted molar refractivity (Wildman–Crippen MR) is 101 cm³/mol. The number of hydrogen-bond acceptors (Lipinski definition) is 8. The third-order valence-corrected chi connectivity index (χ3v) is 5.31. The third kappa shape index (κ3) is 5.53. The van der Waals surface area contributed by atoms with Gasteiger partial charge in [-0.15, -0.1) is 0 Å². The number of nitrogens with one attached hydrogen (secondary N) is 2. The molecule has 4 N–H and O–H groups in total. The van der Waals surface area contributed by atoms with Crippen LogP contribution < -0.4 is 39.7 Å². The van der Waals surface area contributed by atoms with E-state index in [9.17, 15) is 9.90 Å². The largest absolute Gasteiger partial charge is 1.00 e. The number of benzene rings is 1. The summed E-state index contributed by atoms with van der Waals surface area (Å²) in [7, 11) is 0. The van der Waals surface area contributed by atoms with Crippen molar-refractivity contribution in [3.8, 4) is 0 Å². The van der Waals surface area contributed by atoms with Crippen molar-refractivity contribution in [1.82, 2.24) is 15.0 Å². The number of fused-ring (bicyclic) bond motifs is 1. The number of nitrogens with zero attached hydrogens (tertiary/aromatic N) is 2. The van der Waals surface area contributed by atoms with Gasteiger partial charge in [-0.25, -0.2) is 9.97 Å². The van der Waals surface area contributed by atoms with Crippen LogP contribution >= 0.6 is 23.1 Å². The predicted octanol–water partition coefficient (Wildman–Crippen LogP) is -1.06. The molecular weight excluding hydrogens is 383 g/mol. The molecule has 0 bridgehead atoms. The fourth-order valence-corrected chi connectivity index (χ4v) is 3.80. The number of thioether (sulfide) groups is 1. The molecule has 0 amide bonds. The summed E-state index contributed by atoms with van der Waals surface area (Å²) in [5.74, 6) is 1.21. The van der Waals surface area contributed by atoms with Crippen LogP contribution in [0.25, 0.3) is 10.3 Å². The molecule has 0 aliphatic heterocycles. The number of thiazole rings is 1. The van der Waals surface area contributed by atoms with Crippen molar-refractivity contribution in [2.75, 3.05) is 18.5 Å². The zero-order chi connectivity index (χ0) is 17.6. The standard InChI is InChI=1S/C16H18N4O3S2.Na.H/c21-7-6-11(8-22)17-13-12-14(20-16(23)25-12)19-15(18-13)24-9-10-4-2-1-3-5-10;;/h1-5,11,21-22H,6-9H2,(H2,17,18,19,20,23);;/q;+1;-1. The number of hydrogen-bond donors (Lipinski definition) is 4. The van der Waals surface area contributed by atoms with Crippen molar-refractivity contribution in [1.29, 1.82) is 0 Å². The summed E-state index contributed by atoms with van der Waals surface area (Å²) >= 11 is 2.49. The first-order valence-corrected chi connectivity index (χ1v) is 9.55. The van der Waals surface area contributed by atoms with E-state index >= 15 is 0 Å². The number of aliphatic hydroxyl groups is 2. The van der Waals surface area contributed by atoms with Gasteiger partial charge < -0.3 is 17.0 Å². The molecule has 134 valence electrons. The summed E-state index contributed by atoms with van der Waals surface area (Å²) in [6, 6.07) is 9.63. The molecule has 3 aromatic rings. The Hall–Kier alpha value is -0.940. The van der Waals surface area contributed by atoms with E-state index in [1.807, 2.05) is 30.3 Å². The van der Waals surface area contributed by atoms with E-state index < -0.39 is 0 Å². The molecule has 1 atom stereocenters. The summed E-state index contributed by atoms with van der Waals surface area (Å²) in [6.07, 6.45) is 0.383. The Morgan fingerprint density at radius 3 is 2.73 bits per heavy atom. The average Bonchev–Trinajstić information content (AvgIpc) is 3.01. The first-order chi connectivity index (χ1) is 12.2. The van der Waals surface area contributed by atoms with E-state index in [-0.39, 0.29) is 55.1 Å². The molecule has 3 rings (SSSR count). The van der Waals surface area contributed by atoms with Crippen LogP contribution in [0.4, 0.5) is 5.82 Å². The van der Waals surface area contributed by atoms with E-state index in [4.69, 9.17) is 5.11 Å². The first-order valence-electron chi connectivity index (χ1n) is 7.75. The molecule has 1 unspecified atom stereocenters. The Morgan fingerprint density at radius 2 is 2.04 bits per heavy atom. The first kappa shape index (κ1) is 21.4. The number of H-pyrrole nitrogens is 1. The number of rotatable bonds is 8. The van der Waals surface area contributed by atoms with Gasteiger partial charge in [-0.2, -0.15) is 0 Å². The van der Waals surface area contributed by atoms with Crippen molar-refractivity contribution in [3.05, 3.63) is 45.6 Å². The molecule has 10 heteroatoms. The van der Waals surface area contributed by atoms with Gasteiger partial charge in [0.05, 0.1) is 12.6 Å². The summed E-state index contributed by atoms with van der Waals surface area (Å²) < 4.78 is 0.616. The van der Waals surface area contributed by atoms with Gasteiger partial charge in [0.15, 0.2) is 16.6 Å². The van der Waals surface area contributed by atoms with E-state index in [0.717, 1.165) is 16.9 Å². The summed E-state index contributed by atoms with van der Waals surface area (Å²) in [5.41, 5.74) is 1.63. The maximum absolute atomic E-state index is 11.7. The molecule has 2 heterocycles. The van der Waals surface area contributed by atoms with Crippen LogP contribution in [0, 0.1) is 0 Å². The van der Waals surface area contributed by atoms with Gasteiger partial charge in [-0.3, -0.25) is 9.78 Å². The quantitative estimate of drug-likeness (QED) is 0.216. The van der Waals surface area contributed by atoms with Crippen LogP contribution in [0.3, 0.4) is 0 Å². The van der Waals surface area contributed by atoms with Crippen LogP contribution in [-0.2, 0) is 5.75 Å². The summed E-state index contributed by atoms with van der Waals surface area (Å²) in [4.78, 5) is 23.1. The van der Waals surface area contributed by atoms with E-state index in [1.54, 1.807) is 0 Å². The zero-order valence-corrected chi connectivity index (χ0v) is 17.9. The molecule has 26 heavy (non-hydrogen) atoms. The Kier molecular flexibility index (Phi) is 8.55. The second-order valence-electron chi connectivity index (χ2n) is 5.36. The van der Waals surface area contributed by atoms with E-state index in [1.165, 1.54) is 11.8 Å². The van der Waals surface area contributed by atoms with Gasteiger partial charge >= 0.3 is 34.4 Å². The molecule has 0 saturated heterocycles. The molecule has 0 radical (unpaired) electrons. The van der Waals surface area contributed by atoms with Gasteiger partial charge in [-0.1, -0.05) is 53.4 Å². The van der Waals surface area contributed by atoms with Gasteiger partial charge in [0, 0.05) is 12.4 Å². The molecule has 0 spiro atoms. The normalized spacial score (nSPS) is 11.9. The second kappa shape index (κ2) is 10.4. The molecule has 2 aromatic heterocycles. The molecule has 0 aliphatic carbocycles. The molecule has 1 aromatic carbocycles. The van der Waals surface area contributed by atoms with Crippen LogP contribution in [0.1, 0.15) is 13.4 Å². The van der Waals surface area contributed by atoms with Crippen molar-refractivity contribution in [2.45, 2.75) is 23.4 Å². The number of aliphatic hydroxyl groups excluding tert-OH is 2. The van der Waals surface area contributed by atoms with Crippen molar-refractivity contribution >= 4 is 39.3 Å². The maximum atomic E-state index is 11.7. The minimum Gasteiger partial charge on any atom is -1.00 e. The Labute approximate surface area is 182 Å². The number of aromatic amines is 1. The summed E-state index contributed by atoms with van der Waals surface area (Å²) in [6.45, 7) is -0.191. The number of aromatic nitrogens is 3. The molecule has 0 saturated carbocycles. The average molecular weight is 402 g/mol. The van der Waals surface area contributed by atoms with Crippen LogP contribution in [0.15, 0.2) is 40.3 Å². The van der Waals surface area contributed by atoms with E-state index in [2.05, 4.69) is 20.3 Å². The van der Waals surface area contributed by atoms with Crippen LogP contribution in [0.5, 0.6) is 0 Å². The van der Waals surface area contributed by atoms with Crippen molar-refractivity contribution < 1.29 is 41.2 Å². The fourth-order valence-electron chi connectivity index (χ4n) is 2.27. The zero-order valence-electron chi connectivity index (χ0n) is 15.3. The maximum Gasteiger partial charge on any atom is 1.00 e.